The number of nitrogen functional groups attached to an aromatic ring is 1. The Morgan fingerprint density at radius 1 is 0.778 bits per heavy atom. The number of ether oxygens (including phenoxy) is 3. The van der Waals surface area contributed by atoms with E-state index in [4.69, 9.17) is 19.9 Å². The highest BCUT2D eigenvalue weighted by Gasteiger charge is 2.17. The summed E-state index contributed by atoms with van der Waals surface area (Å²) in [7, 11) is 0. The van der Waals surface area contributed by atoms with E-state index in [1.54, 1.807) is 0 Å². The predicted molar refractivity (Wildman–Crippen MR) is 114 cm³/mol. The summed E-state index contributed by atoms with van der Waals surface area (Å²) in [6.07, 6.45) is 12.8. The highest BCUT2D eigenvalue weighted by molar-refractivity contribution is 5.48. The lowest BCUT2D eigenvalue weighted by atomic mass is 10.1. The molecular formula is C23H41NO3. The van der Waals surface area contributed by atoms with Crippen molar-refractivity contribution in [2.45, 2.75) is 91.3 Å². The Kier molecular flexibility index (Phi) is 13.9. The maximum absolute atomic E-state index is 6.02. The minimum absolute atomic E-state index is 0.425. The third-order valence-electron chi connectivity index (χ3n) is 4.68. The molecule has 156 valence electrons. The lowest BCUT2D eigenvalue weighted by Gasteiger charge is -2.21. The van der Waals surface area contributed by atoms with Crippen LogP contribution in [0.15, 0.2) is 18.2 Å². The van der Waals surface area contributed by atoms with Crippen LogP contribution in [-0.4, -0.2) is 19.8 Å². The zero-order valence-corrected chi connectivity index (χ0v) is 17.8. The van der Waals surface area contributed by atoms with Gasteiger partial charge in [0, 0.05) is 18.9 Å². The first-order valence-electron chi connectivity index (χ1n) is 11.0. The van der Waals surface area contributed by atoms with E-state index in [1.165, 1.54) is 57.8 Å². The minimum atomic E-state index is -0.425. The Labute approximate surface area is 166 Å². The topological polar surface area (TPSA) is 53.7 Å². The van der Waals surface area contributed by atoms with Crippen molar-refractivity contribution in [3.05, 3.63) is 23.8 Å². The Morgan fingerprint density at radius 2 is 1.33 bits per heavy atom. The molecule has 0 aliphatic rings. The summed E-state index contributed by atoms with van der Waals surface area (Å²) in [4.78, 5) is 0. The first kappa shape index (κ1) is 23.8. The van der Waals surface area contributed by atoms with E-state index in [1.807, 2.05) is 32.0 Å². The molecule has 0 bridgehead atoms. The summed E-state index contributed by atoms with van der Waals surface area (Å²) in [6.45, 7) is 8.07. The molecule has 0 atom stereocenters. The summed E-state index contributed by atoms with van der Waals surface area (Å²) in [6, 6.07) is 5.68. The Morgan fingerprint density at radius 3 is 1.89 bits per heavy atom. The highest BCUT2D eigenvalue weighted by Crippen LogP contribution is 2.31. The third kappa shape index (κ3) is 10.6. The molecule has 0 aliphatic heterocycles. The molecule has 0 aromatic heterocycles. The number of nitrogens with two attached hydrogens (primary N) is 1. The molecule has 0 radical (unpaired) electrons. The fourth-order valence-electron chi connectivity index (χ4n) is 3.18. The number of unbranched alkanes of at least 4 members (excludes halogenated alkanes) is 9. The largest absolute Gasteiger partial charge is 0.493 e. The van der Waals surface area contributed by atoms with Gasteiger partial charge in [0.25, 0.3) is 0 Å². The summed E-state index contributed by atoms with van der Waals surface area (Å²) in [5.41, 5.74) is 7.53. The first-order chi connectivity index (χ1) is 13.2. The van der Waals surface area contributed by atoms with Gasteiger partial charge in [-0.05, 0) is 38.5 Å². The van der Waals surface area contributed by atoms with Gasteiger partial charge in [0.05, 0.1) is 12.2 Å². The zero-order chi connectivity index (χ0) is 19.7. The quantitative estimate of drug-likeness (QED) is 0.187. The second-order valence-corrected chi connectivity index (χ2v) is 7.07. The molecule has 2 N–H and O–H groups in total. The van der Waals surface area contributed by atoms with E-state index < -0.39 is 6.29 Å². The van der Waals surface area contributed by atoms with E-state index in [-0.39, 0.29) is 0 Å². The lowest BCUT2D eigenvalue weighted by molar-refractivity contribution is -0.141. The van der Waals surface area contributed by atoms with Crippen LogP contribution in [0.2, 0.25) is 0 Å². The predicted octanol–water partition coefficient (Wildman–Crippen LogP) is 6.64. The molecule has 0 aliphatic carbocycles. The molecule has 1 rings (SSSR count). The van der Waals surface area contributed by atoms with Gasteiger partial charge in [0.2, 0.25) is 0 Å². The summed E-state index contributed by atoms with van der Waals surface area (Å²) >= 11 is 0. The number of anilines is 1. The number of benzene rings is 1. The molecule has 0 fully saturated rings. The van der Waals surface area contributed by atoms with Gasteiger partial charge in [-0.1, -0.05) is 64.7 Å². The van der Waals surface area contributed by atoms with Gasteiger partial charge >= 0.3 is 0 Å². The summed E-state index contributed by atoms with van der Waals surface area (Å²) < 4.78 is 17.4. The maximum atomic E-state index is 6.02. The van der Waals surface area contributed by atoms with Crippen LogP contribution >= 0.6 is 0 Å². The van der Waals surface area contributed by atoms with E-state index in [2.05, 4.69) is 6.92 Å². The Hall–Kier alpha value is -1.26. The molecule has 0 amide bonds. The standard InChI is InChI=1S/C23H41NO3/c1-4-7-8-9-10-11-12-13-14-15-18-27-22-17-16-20(24)19-21(22)23(25-5-2)26-6-3/h16-17,19,23H,4-15,18,24H2,1-3H3. The van der Waals surface area contributed by atoms with Crippen LogP contribution < -0.4 is 10.5 Å². The Balaban J connectivity index is 2.29. The van der Waals surface area contributed by atoms with Crippen molar-refractivity contribution in [2.75, 3.05) is 25.6 Å². The number of hydrogen-bond donors (Lipinski definition) is 1. The number of rotatable bonds is 17. The second-order valence-electron chi connectivity index (χ2n) is 7.07. The van der Waals surface area contributed by atoms with Crippen molar-refractivity contribution in [1.29, 1.82) is 0 Å². The normalized spacial score (nSPS) is 11.3. The van der Waals surface area contributed by atoms with Crippen molar-refractivity contribution < 1.29 is 14.2 Å². The molecule has 0 unspecified atom stereocenters. The van der Waals surface area contributed by atoms with Crippen molar-refractivity contribution in [3.8, 4) is 5.75 Å². The lowest BCUT2D eigenvalue weighted by Crippen LogP contribution is -2.12. The molecule has 27 heavy (non-hydrogen) atoms. The molecule has 1 aromatic rings. The van der Waals surface area contributed by atoms with Crippen LogP contribution in [0.25, 0.3) is 0 Å². The van der Waals surface area contributed by atoms with Crippen LogP contribution in [0.5, 0.6) is 5.75 Å². The van der Waals surface area contributed by atoms with Gasteiger partial charge in [-0.25, -0.2) is 0 Å². The van der Waals surface area contributed by atoms with Gasteiger partial charge in [0.1, 0.15) is 5.75 Å². The van der Waals surface area contributed by atoms with Gasteiger partial charge in [0.15, 0.2) is 6.29 Å². The third-order valence-corrected chi connectivity index (χ3v) is 4.68. The van der Waals surface area contributed by atoms with Gasteiger partial charge in [-0.2, -0.15) is 0 Å². The van der Waals surface area contributed by atoms with Gasteiger partial charge in [-0.3, -0.25) is 0 Å². The van der Waals surface area contributed by atoms with Crippen LogP contribution in [0.1, 0.15) is 96.8 Å². The Bertz CT molecular complexity index is 473. The van der Waals surface area contributed by atoms with Crippen molar-refractivity contribution in [2.24, 2.45) is 0 Å². The van der Waals surface area contributed by atoms with Crippen molar-refractivity contribution >= 4 is 5.69 Å². The average molecular weight is 380 g/mol. The SMILES string of the molecule is CCCCCCCCCCCCOc1ccc(N)cc1C(OCC)OCC. The molecule has 1 aromatic carbocycles. The van der Waals surface area contributed by atoms with Gasteiger partial charge in [-0.15, -0.1) is 0 Å². The summed E-state index contributed by atoms with van der Waals surface area (Å²) in [5, 5.41) is 0. The van der Waals surface area contributed by atoms with Crippen molar-refractivity contribution in [1.82, 2.24) is 0 Å². The fourth-order valence-corrected chi connectivity index (χ4v) is 3.18. The molecule has 0 spiro atoms. The molecule has 0 saturated carbocycles. The first-order valence-corrected chi connectivity index (χ1v) is 11.0. The fraction of sp³-hybridized carbons (Fsp3) is 0.739. The second kappa shape index (κ2) is 15.8. The number of hydrogen-bond acceptors (Lipinski definition) is 4. The highest BCUT2D eigenvalue weighted by atomic mass is 16.7. The van der Waals surface area contributed by atoms with Gasteiger partial charge < -0.3 is 19.9 Å². The molecule has 0 saturated heterocycles. The average Bonchev–Trinajstić information content (AvgIpc) is 2.67. The summed E-state index contributed by atoms with van der Waals surface area (Å²) in [5.74, 6) is 0.812. The van der Waals surface area contributed by atoms with Crippen LogP contribution in [-0.2, 0) is 9.47 Å². The van der Waals surface area contributed by atoms with E-state index in [0.717, 1.165) is 24.3 Å². The molecule has 4 nitrogen and oxygen atoms in total. The van der Waals surface area contributed by atoms with E-state index in [0.29, 0.717) is 18.9 Å². The van der Waals surface area contributed by atoms with Crippen LogP contribution in [0.3, 0.4) is 0 Å². The molecular weight excluding hydrogens is 338 g/mol. The smallest absolute Gasteiger partial charge is 0.187 e. The van der Waals surface area contributed by atoms with E-state index in [9.17, 15) is 0 Å². The zero-order valence-electron chi connectivity index (χ0n) is 17.8. The van der Waals surface area contributed by atoms with Crippen LogP contribution in [0, 0.1) is 0 Å². The molecule has 0 heterocycles. The van der Waals surface area contributed by atoms with E-state index >= 15 is 0 Å². The minimum Gasteiger partial charge on any atom is -0.493 e. The molecule has 4 heteroatoms. The monoisotopic (exact) mass is 379 g/mol. The van der Waals surface area contributed by atoms with Crippen LogP contribution in [0.4, 0.5) is 5.69 Å². The van der Waals surface area contributed by atoms with Crippen molar-refractivity contribution in [3.63, 3.8) is 0 Å². The maximum Gasteiger partial charge on any atom is 0.187 e.